The number of aromatic nitrogens is 2. The maximum atomic E-state index is 13.3. The summed E-state index contributed by atoms with van der Waals surface area (Å²) < 4.78 is 44.1. The van der Waals surface area contributed by atoms with Gasteiger partial charge in [0.05, 0.1) is 29.8 Å². The maximum absolute atomic E-state index is 13.3. The number of ether oxygens (including phenoxy) is 1. The molecule has 0 aliphatic heterocycles. The van der Waals surface area contributed by atoms with Crippen molar-refractivity contribution >= 4 is 27.8 Å². The van der Waals surface area contributed by atoms with Crippen molar-refractivity contribution in [1.82, 2.24) is 9.97 Å². The molecule has 2 aromatic heterocycles. The van der Waals surface area contributed by atoms with Gasteiger partial charge in [0.15, 0.2) is 0 Å². The number of carbonyl (C=O) groups excluding carboxylic acids is 1. The van der Waals surface area contributed by atoms with Crippen molar-refractivity contribution in [3.63, 3.8) is 0 Å². The molecule has 0 fully saturated rings. The van der Waals surface area contributed by atoms with Crippen LogP contribution in [-0.2, 0) is 15.7 Å². The van der Waals surface area contributed by atoms with Crippen LogP contribution in [0.5, 0.6) is 0 Å². The number of para-hydroxylation sites is 1. The van der Waals surface area contributed by atoms with Gasteiger partial charge in [0.2, 0.25) is 0 Å². The topological polar surface area (TPSA) is 78.8 Å². The molecule has 0 aliphatic rings. The first-order valence-corrected chi connectivity index (χ1v) is 9.19. The van der Waals surface area contributed by atoms with Crippen molar-refractivity contribution in [2.45, 2.75) is 20.0 Å². The minimum atomic E-state index is -4.48. The van der Waals surface area contributed by atoms with Crippen LogP contribution in [0.15, 0.2) is 48.7 Å². The first kappa shape index (κ1) is 21.8. The van der Waals surface area contributed by atoms with E-state index in [0.29, 0.717) is 16.5 Å². The Morgan fingerprint density at radius 2 is 1.87 bits per heavy atom. The normalized spacial score (nSPS) is 11.0. The number of benzene rings is 2. The zero-order valence-corrected chi connectivity index (χ0v) is 17.0. The number of hydrogen-bond acceptors (Lipinski definition) is 4. The van der Waals surface area contributed by atoms with Crippen LogP contribution in [0, 0.1) is 18.3 Å². The van der Waals surface area contributed by atoms with Gasteiger partial charge in [0.25, 0.3) is 0 Å². The van der Waals surface area contributed by atoms with Crippen LogP contribution < -0.4 is 0 Å². The highest BCUT2D eigenvalue weighted by Gasteiger charge is 2.33. The van der Waals surface area contributed by atoms with Gasteiger partial charge in [0, 0.05) is 40.7 Å². The third-order valence-corrected chi connectivity index (χ3v) is 4.75. The van der Waals surface area contributed by atoms with Gasteiger partial charge in [-0.25, -0.2) is 0 Å². The molecule has 8 heteroatoms. The van der Waals surface area contributed by atoms with E-state index in [9.17, 15) is 18.0 Å². The lowest BCUT2D eigenvalue weighted by molar-refractivity contribution is -0.138. The molecule has 0 radical (unpaired) electrons. The number of nitrogens with one attached hydrogen (secondary N) is 1. The number of nitrogens with zero attached hydrogens (tertiary/aromatic N) is 2. The van der Waals surface area contributed by atoms with E-state index in [4.69, 9.17) is 5.26 Å². The smallest absolute Gasteiger partial charge is 0.418 e. The van der Waals surface area contributed by atoms with E-state index >= 15 is 0 Å². The summed E-state index contributed by atoms with van der Waals surface area (Å²) in [6.45, 7) is 3.22. The number of aryl methyl sites for hydroxylation is 1. The minimum Gasteiger partial charge on any atom is -0.469 e. The molecule has 158 valence electrons. The van der Waals surface area contributed by atoms with Gasteiger partial charge in [-0.15, -0.1) is 0 Å². The van der Waals surface area contributed by atoms with E-state index in [1.165, 1.54) is 26.3 Å². The number of hydrogen-bond donors (Lipinski definition) is 1. The summed E-state index contributed by atoms with van der Waals surface area (Å²) in [5, 5.41) is 10.4. The standard InChI is InChI=1S/C20H12F3N3.C3H6O2/c1-11-18(15-9-12(10-24)5-6-17(15)26-11)13-7-8-25-19-14(13)3-2-4-16(19)20(21,22)23;1-3(4)5-2/h2-9,26H,1H3;1-2H3. The molecule has 0 spiro atoms. The van der Waals surface area contributed by atoms with Crippen molar-refractivity contribution < 1.29 is 22.7 Å². The maximum Gasteiger partial charge on any atom is 0.418 e. The summed E-state index contributed by atoms with van der Waals surface area (Å²) in [5.74, 6) is -0.245. The Morgan fingerprint density at radius 1 is 1.16 bits per heavy atom. The van der Waals surface area contributed by atoms with Gasteiger partial charge in [-0.1, -0.05) is 12.1 Å². The van der Waals surface area contributed by atoms with E-state index in [1.807, 2.05) is 6.92 Å². The summed E-state index contributed by atoms with van der Waals surface area (Å²) >= 11 is 0. The molecule has 5 nitrogen and oxygen atoms in total. The molecule has 4 rings (SSSR count). The molecular formula is C23H18F3N3O2. The van der Waals surface area contributed by atoms with Crippen molar-refractivity contribution in [1.29, 1.82) is 5.26 Å². The number of nitriles is 1. The third-order valence-electron chi connectivity index (χ3n) is 4.75. The minimum absolute atomic E-state index is 0.0808. The van der Waals surface area contributed by atoms with Gasteiger partial charge in [-0.2, -0.15) is 18.4 Å². The number of esters is 1. The molecule has 0 bridgehead atoms. The Balaban J connectivity index is 0.000000491. The molecule has 0 saturated carbocycles. The van der Waals surface area contributed by atoms with Crippen LogP contribution in [0.1, 0.15) is 23.7 Å². The highest BCUT2D eigenvalue weighted by molar-refractivity contribution is 6.06. The third kappa shape index (κ3) is 4.36. The molecule has 0 unspecified atom stereocenters. The first-order valence-electron chi connectivity index (χ1n) is 9.19. The average Bonchev–Trinajstić information content (AvgIpc) is 3.07. The van der Waals surface area contributed by atoms with Crippen molar-refractivity contribution in [2.75, 3.05) is 7.11 Å². The number of halogens is 3. The lowest BCUT2D eigenvalue weighted by atomic mass is 9.96. The van der Waals surface area contributed by atoms with Crippen molar-refractivity contribution in [3.8, 4) is 17.2 Å². The fourth-order valence-corrected chi connectivity index (χ4v) is 3.37. The monoisotopic (exact) mass is 425 g/mol. The Hall–Kier alpha value is -3.86. The van der Waals surface area contributed by atoms with Gasteiger partial charge >= 0.3 is 12.1 Å². The Kier molecular flexibility index (Phi) is 5.97. The molecule has 4 aromatic rings. The second kappa shape index (κ2) is 8.48. The van der Waals surface area contributed by atoms with Crippen LogP contribution in [0.4, 0.5) is 13.2 Å². The van der Waals surface area contributed by atoms with Crippen LogP contribution in [0.2, 0.25) is 0 Å². The Morgan fingerprint density at radius 3 is 2.48 bits per heavy atom. The highest BCUT2D eigenvalue weighted by Crippen LogP contribution is 2.40. The lowest BCUT2D eigenvalue weighted by Gasteiger charge is -2.12. The van der Waals surface area contributed by atoms with E-state index in [2.05, 4.69) is 20.8 Å². The molecule has 0 atom stereocenters. The molecular weight excluding hydrogens is 407 g/mol. The summed E-state index contributed by atoms with van der Waals surface area (Å²) in [6.07, 6.45) is -3.09. The second-order valence-electron chi connectivity index (χ2n) is 6.75. The van der Waals surface area contributed by atoms with Crippen molar-refractivity contribution in [2.24, 2.45) is 0 Å². The lowest BCUT2D eigenvalue weighted by Crippen LogP contribution is -2.06. The summed E-state index contributed by atoms with van der Waals surface area (Å²) in [4.78, 5) is 16.8. The van der Waals surface area contributed by atoms with Crippen molar-refractivity contribution in [3.05, 3.63) is 65.5 Å². The number of aromatic amines is 1. The predicted octanol–water partition coefficient (Wildman–Crippen LogP) is 5.76. The Bertz CT molecular complexity index is 1320. The number of fused-ring (bicyclic) bond motifs is 2. The molecule has 1 N–H and O–H groups in total. The van der Waals surface area contributed by atoms with Gasteiger partial charge in [-0.3, -0.25) is 9.78 Å². The molecule has 0 aliphatic carbocycles. The van der Waals surface area contributed by atoms with E-state index in [-0.39, 0.29) is 11.5 Å². The molecule has 0 amide bonds. The summed E-state index contributed by atoms with van der Waals surface area (Å²) in [7, 11) is 1.35. The van der Waals surface area contributed by atoms with Crippen LogP contribution in [0.25, 0.3) is 32.9 Å². The molecule has 2 heterocycles. The average molecular weight is 425 g/mol. The fourth-order valence-electron chi connectivity index (χ4n) is 3.37. The fraction of sp³-hybridized carbons (Fsp3) is 0.174. The number of methoxy groups -OCH3 is 1. The number of pyridine rings is 1. The molecule has 2 aromatic carbocycles. The number of rotatable bonds is 1. The quantitative estimate of drug-likeness (QED) is 0.393. The number of carbonyl (C=O) groups is 1. The zero-order valence-electron chi connectivity index (χ0n) is 17.0. The van der Waals surface area contributed by atoms with Gasteiger partial charge < -0.3 is 9.72 Å². The Labute approximate surface area is 176 Å². The van der Waals surface area contributed by atoms with Gasteiger partial charge in [-0.05, 0) is 42.8 Å². The molecule has 31 heavy (non-hydrogen) atoms. The number of H-pyrrole nitrogens is 1. The highest BCUT2D eigenvalue weighted by atomic mass is 19.4. The first-order chi connectivity index (χ1) is 14.7. The van der Waals surface area contributed by atoms with E-state index in [0.717, 1.165) is 28.2 Å². The van der Waals surface area contributed by atoms with Gasteiger partial charge in [0.1, 0.15) is 0 Å². The van der Waals surface area contributed by atoms with Crippen LogP contribution in [-0.4, -0.2) is 23.0 Å². The largest absolute Gasteiger partial charge is 0.469 e. The SMILES string of the molecule is COC(C)=O.Cc1[nH]c2ccc(C#N)cc2c1-c1ccnc2c(C(F)(F)F)cccc12. The van der Waals surface area contributed by atoms with E-state index < -0.39 is 11.7 Å². The van der Waals surface area contributed by atoms with Crippen LogP contribution >= 0.6 is 0 Å². The second-order valence-corrected chi connectivity index (χ2v) is 6.75. The predicted molar refractivity (Wildman–Crippen MR) is 111 cm³/mol. The van der Waals surface area contributed by atoms with E-state index in [1.54, 1.807) is 30.3 Å². The molecule has 0 saturated heterocycles. The summed E-state index contributed by atoms with van der Waals surface area (Å²) in [5.41, 5.74) is 2.74. The number of alkyl halides is 3. The van der Waals surface area contributed by atoms with Crippen LogP contribution in [0.3, 0.4) is 0 Å². The summed E-state index contributed by atoms with van der Waals surface area (Å²) in [6, 6.07) is 13.1. The zero-order chi connectivity index (χ0) is 22.8.